The van der Waals surface area contributed by atoms with E-state index < -0.39 is 0 Å². The van der Waals surface area contributed by atoms with Gasteiger partial charge in [0.1, 0.15) is 5.82 Å². The molecule has 18 heavy (non-hydrogen) atoms. The molecule has 0 aliphatic heterocycles. The molecule has 0 amide bonds. The number of anilines is 2. The van der Waals surface area contributed by atoms with Gasteiger partial charge in [0.2, 0.25) is 0 Å². The Morgan fingerprint density at radius 3 is 2.33 bits per heavy atom. The van der Waals surface area contributed by atoms with Gasteiger partial charge >= 0.3 is 0 Å². The van der Waals surface area contributed by atoms with Gasteiger partial charge < -0.3 is 4.90 Å². The predicted octanol–water partition coefficient (Wildman–Crippen LogP) is 4.80. The third-order valence-electron chi connectivity index (χ3n) is 2.95. The molecule has 0 unspecified atom stereocenters. The predicted molar refractivity (Wildman–Crippen MR) is 78.3 cm³/mol. The second-order valence-corrected chi connectivity index (χ2v) is 4.87. The first kappa shape index (κ1) is 13.1. The van der Waals surface area contributed by atoms with E-state index in [0.29, 0.717) is 11.0 Å². The highest BCUT2D eigenvalue weighted by Crippen LogP contribution is 2.27. The van der Waals surface area contributed by atoms with Gasteiger partial charge in [-0.2, -0.15) is 0 Å². The fourth-order valence-electron chi connectivity index (χ4n) is 1.81. The molecule has 2 aromatic carbocycles. The standard InChI is InChI=1S/C15H15BrFN/c1-11-3-6-13(7-4-11)18(2)15-8-5-12(10-16)9-14(15)17/h3-9H,10H2,1-2H3. The van der Waals surface area contributed by atoms with E-state index in [0.717, 1.165) is 11.3 Å². The highest BCUT2D eigenvalue weighted by molar-refractivity contribution is 9.08. The molecule has 0 fully saturated rings. The lowest BCUT2D eigenvalue weighted by Gasteiger charge is -2.20. The Balaban J connectivity index is 2.33. The molecule has 0 N–H and O–H groups in total. The number of rotatable bonds is 3. The molecule has 0 atom stereocenters. The van der Waals surface area contributed by atoms with Crippen molar-refractivity contribution in [3.05, 3.63) is 59.4 Å². The average Bonchev–Trinajstić information content (AvgIpc) is 2.38. The lowest BCUT2D eigenvalue weighted by molar-refractivity contribution is 0.626. The molecule has 94 valence electrons. The number of hydrogen-bond acceptors (Lipinski definition) is 1. The molecule has 2 aromatic rings. The summed E-state index contributed by atoms with van der Waals surface area (Å²) in [5.74, 6) is -0.199. The van der Waals surface area contributed by atoms with Crippen LogP contribution in [-0.2, 0) is 5.33 Å². The Labute approximate surface area is 115 Å². The highest BCUT2D eigenvalue weighted by Gasteiger charge is 2.09. The summed E-state index contributed by atoms with van der Waals surface area (Å²) in [5, 5.41) is 0.665. The van der Waals surface area contributed by atoms with E-state index in [1.165, 1.54) is 5.56 Å². The average molecular weight is 308 g/mol. The summed E-state index contributed by atoms with van der Waals surface area (Å²) in [4.78, 5) is 1.85. The molecule has 0 aromatic heterocycles. The first-order chi connectivity index (χ1) is 8.61. The van der Waals surface area contributed by atoms with Gasteiger partial charge in [0.05, 0.1) is 5.69 Å². The number of benzene rings is 2. The summed E-state index contributed by atoms with van der Waals surface area (Å²) in [6.45, 7) is 2.04. The van der Waals surface area contributed by atoms with E-state index in [-0.39, 0.29) is 5.82 Å². The quantitative estimate of drug-likeness (QED) is 0.736. The molecule has 0 radical (unpaired) electrons. The minimum Gasteiger partial charge on any atom is -0.342 e. The number of aryl methyl sites for hydroxylation is 1. The van der Waals surface area contributed by atoms with Gasteiger partial charge in [0, 0.05) is 18.1 Å². The fourth-order valence-corrected chi connectivity index (χ4v) is 2.16. The lowest BCUT2D eigenvalue weighted by atomic mass is 10.1. The molecule has 0 saturated carbocycles. The van der Waals surface area contributed by atoms with Crippen molar-refractivity contribution >= 4 is 27.3 Å². The third-order valence-corrected chi connectivity index (χ3v) is 3.60. The Kier molecular flexibility index (Phi) is 4.02. The maximum Gasteiger partial charge on any atom is 0.147 e. The van der Waals surface area contributed by atoms with Gasteiger partial charge in [-0.3, -0.25) is 0 Å². The molecule has 0 spiro atoms. The van der Waals surface area contributed by atoms with Crippen molar-refractivity contribution in [2.45, 2.75) is 12.3 Å². The molecule has 3 heteroatoms. The zero-order chi connectivity index (χ0) is 13.1. The van der Waals surface area contributed by atoms with Gasteiger partial charge in [0.15, 0.2) is 0 Å². The fraction of sp³-hybridized carbons (Fsp3) is 0.200. The zero-order valence-corrected chi connectivity index (χ0v) is 12.0. The van der Waals surface area contributed by atoms with E-state index in [1.54, 1.807) is 6.07 Å². The Morgan fingerprint density at radius 1 is 1.11 bits per heavy atom. The molecule has 0 heterocycles. The maximum atomic E-state index is 14.0. The number of nitrogens with zero attached hydrogens (tertiary/aromatic N) is 1. The topological polar surface area (TPSA) is 3.24 Å². The first-order valence-electron chi connectivity index (χ1n) is 5.76. The smallest absolute Gasteiger partial charge is 0.147 e. The minimum absolute atomic E-state index is 0.199. The second kappa shape index (κ2) is 5.53. The number of halogens is 2. The van der Waals surface area contributed by atoms with Crippen LogP contribution in [0.3, 0.4) is 0 Å². The van der Waals surface area contributed by atoms with Gasteiger partial charge in [-0.1, -0.05) is 39.7 Å². The van der Waals surface area contributed by atoms with Gasteiger partial charge in [-0.05, 0) is 36.8 Å². The van der Waals surface area contributed by atoms with E-state index >= 15 is 0 Å². The van der Waals surface area contributed by atoms with E-state index in [9.17, 15) is 4.39 Å². The van der Waals surface area contributed by atoms with Crippen molar-refractivity contribution in [2.24, 2.45) is 0 Å². The van der Waals surface area contributed by atoms with Crippen molar-refractivity contribution in [3.63, 3.8) is 0 Å². The largest absolute Gasteiger partial charge is 0.342 e. The molecule has 1 nitrogen and oxygen atoms in total. The van der Waals surface area contributed by atoms with Crippen molar-refractivity contribution in [1.82, 2.24) is 0 Å². The maximum absolute atomic E-state index is 14.0. The summed E-state index contributed by atoms with van der Waals surface area (Å²) in [6, 6.07) is 13.3. The lowest BCUT2D eigenvalue weighted by Crippen LogP contribution is -2.11. The molecule has 0 saturated heterocycles. The molecular formula is C15H15BrFN. The summed E-state index contributed by atoms with van der Waals surface area (Å²) in [5.41, 5.74) is 3.70. The Hall–Kier alpha value is -1.35. The van der Waals surface area contributed by atoms with Crippen LogP contribution in [0.2, 0.25) is 0 Å². The molecule has 0 aliphatic carbocycles. The van der Waals surface area contributed by atoms with Gasteiger partial charge in [-0.15, -0.1) is 0 Å². The summed E-state index contributed by atoms with van der Waals surface area (Å²) >= 11 is 3.33. The van der Waals surface area contributed by atoms with Crippen LogP contribution >= 0.6 is 15.9 Å². The van der Waals surface area contributed by atoms with Crippen LogP contribution in [0.1, 0.15) is 11.1 Å². The van der Waals surface area contributed by atoms with E-state index in [1.807, 2.05) is 55.3 Å². The van der Waals surface area contributed by atoms with Crippen LogP contribution in [0.4, 0.5) is 15.8 Å². The van der Waals surface area contributed by atoms with Crippen LogP contribution in [-0.4, -0.2) is 7.05 Å². The van der Waals surface area contributed by atoms with Crippen molar-refractivity contribution in [3.8, 4) is 0 Å². The SMILES string of the molecule is Cc1ccc(N(C)c2ccc(CBr)cc2F)cc1. The van der Waals surface area contributed by atoms with Crippen molar-refractivity contribution in [2.75, 3.05) is 11.9 Å². The Morgan fingerprint density at radius 2 is 1.78 bits per heavy atom. The number of alkyl halides is 1. The van der Waals surface area contributed by atoms with Gasteiger partial charge in [-0.25, -0.2) is 4.39 Å². The van der Waals surface area contributed by atoms with Crippen LogP contribution in [0.15, 0.2) is 42.5 Å². The summed E-state index contributed by atoms with van der Waals surface area (Å²) in [7, 11) is 1.87. The van der Waals surface area contributed by atoms with Crippen molar-refractivity contribution < 1.29 is 4.39 Å². The van der Waals surface area contributed by atoms with Crippen LogP contribution in [0, 0.1) is 12.7 Å². The van der Waals surface area contributed by atoms with E-state index in [4.69, 9.17) is 0 Å². The normalized spacial score (nSPS) is 10.4. The molecule has 0 aliphatic rings. The van der Waals surface area contributed by atoms with Crippen molar-refractivity contribution in [1.29, 1.82) is 0 Å². The first-order valence-corrected chi connectivity index (χ1v) is 6.89. The summed E-state index contributed by atoms with van der Waals surface area (Å²) < 4.78 is 14.0. The molecular weight excluding hydrogens is 293 g/mol. The zero-order valence-electron chi connectivity index (χ0n) is 10.5. The number of hydrogen-bond donors (Lipinski definition) is 0. The second-order valence-electron chi connectivity index (χ2n) is 4.31. The minimum atomic E-state index is -0.199. The molecule has 2 rings (SSSR count). The van der Waals surface area contributed by atoms with Crippen LogP contribution in [0.5, 0.6) is 0 Å². The van der Waals surface area contributed by atoms with E-state index in [2.05, 4.69) is 15.9 Å². The summed E-state index contributed by atoms with van der Waals surface area (Å²) in [6.07, 6.45) is 0. The highest BCUT2D eigenvalue weighted by atomic mass is 79.9. The molecule has 0 bridgehead atoms. The monoisotopic (exact) mass is 307 g/mol. The Bertz CT molecular complexity index is 537. The van der Waals surface area contributed by atoms with Crippen LogP contribution < -0.4 is 4.90 Å². The third kappa shape index (κ3) is 2.72. The van der Waals surface area contributed by atoms with Gasteiger partial charge in [0.25, 0.3) is 0 Å². The van der Waals surface area contributed by atoms with Crippen LogP contribution in [0.25, 0.3) is 0 Å².